The van der Waals surface area contributed by atoms with Gasteiger partial charge in [-0.15, -0.1) is 0 Å². The van der Waals surface area contributed by atoms with Crippen molar-refractivity contribution in [2.75, 3.05) is 12.5 Å². The highest BCUT2D eigenvalue weighted by Crippen LogP contribution is 2.89. The molecule has 4 bridgehead atoms. The summed E-state index contributed by atoms with van der Waals surface area (Å²) in [5, 5.41) is 0. The molecule has 0 saturated heterocycles. The largest absolute Gasteiger partial charge is 0.266 e. The van der Waals surface area contributed by atoms with Gasteiger partial charge < -0.3 is 0 Å². The molecule has 0 aromatic rings. The Hall–Kier alpha value is -0.180. The lowest BCUT2D eigenvalue weighted by Crippen LogP contribution is -2.61. The molecule has 6 nitrogen and oxygen atoms in total. The highest BCUT2D eigenvalue weighted by atomic mass is 32.2. The smallest absolute Gasteiger partial charge is 0.264 e. The standard InChI is InChI=1S/C12H16O6S2/c1-19(13,14)17-11-7-3-4-5(7)10-9(11)6(3)8(4)12(10)18-20(2,15)16/h3-12H,1-2H3/t3-,4-,5+,6+,7-,8+,9-,10+,11+,12-/m1/s1. The second-order valence-corrected chi connectivity index (χ2v) is 10.4. The lowest BCUT2D eigenvalue weighted by molar-refractivity contribution is -0.174. The van der Waals surface area contributed by atoms with E-state index in [0.717, 1.165) is 12.5 Å². The van der Waals surface area contributed by atoms with Gasteiger partial charge in [0.05, 0.1) is 24.7 Å². The summed E-state index contributed by atoms with van der Waals surface area (Å²) in [6.45, 7) is 0. The zero-order valence-electron chi connectivity index (χ0n) is 11.0. The van der Waals surface area contributed by atoms with E-state index in [2.05, 4.69) is 0 Å². The van der Waals surface area contributed by atoms with Crippen molar-refractivity contribution in [1.29, 1.82) is 0 Å². The van der Waals surface area contributed by atoms with E-state index in [9.17, 15) is 16.8 Å². The number of hydrogen-bond acceptors (Lipinski definition) is 6. The molecule has 6 aliphatic carbocycles. The molecule has 6 fully saturated rings. The summed E-state index contributed by atoms with van der Waals surface area (Å²) in [6.07, 6.45) is 1.72. The molecule has 6 saturated carbocycles. The molecule has 20 heavy (non-hydrogen) atoms. The average Bonchev–Trinajstić information content (AvgIpc) is 2.66. The summed E-state index contributed by atoms with van der Waals surface area (Å²) in [5.74, 6) is 2.99. The van der Waals surface area contributed by atoms with Crippen LogP contribution in [0.1, 0.15) is 0 Å². The maximum absolute atomic E-state index is 11.4. The second kappa shape index (κ2) is 3.11. The van der Waals surface area contributed by atoms with Crippen LogP contribution in [0.2, 0.25) is 0 Å². The van der Waals surface area contributed by atoms with E-state index in [-0.39, 0.29) is 24.0 Å². The lowest BCUT2D eigenvalue weighted by Gasteiger charge is -2.63. The van der Waals surface area contributed by atoms with Crippen molar-refractivity contribution in [3.8, 4) is 0 Å². The predicted octanol–water partition coefficient (Wildman–Crippen LogP) is -0.326. The Balaban J connectivity index is 1.50. The molecule has 0 aromatic heterocycles. The lowest BCUT2D eigenvalue weighted by atomic mass is 9.41. The van der Waals surface area contributed by atoms with Crippen LogP contribution in [0.4, 0.5) is 0 Å². The summed E-state index contributed by atoms with van der Waals surface area (Å²) in [7, 11) is -6.92. The molecule has 10 atom stereocenters. The van der Waals surface area contributed by atoms with Crippen molar-refractivity contribution >= 4 is 20.2 Å². The minimum atomic E-state index is -3.46. The molecule has 8 heteroatoms. The Labute approximate surface area is 118 Å². The molecule has 0 aromatic carbocycles. The van der Waals surface area contributed by atoms with Crippen LogP contribution in [0.5, 0.6) is 0 Å². The minimum absolute atomic E-state index is 0.187. The van der Waals surface area contributed by atoms with Crippen molar-refractivity contribution in [2.24, 2.45) is 47.3 Å². The van der Waals surface area contributed by atoms with Gasteiger partial charge in [0.15, 0.2) is 0 Å². The predicted molar refractivity (Wildman–Crippen MR) is 67.4 cm³/mol. The van der Waals surface area contributed by atoms with Crippen LogP contribution >= 0.6 is 0 Å². The molecule has 0 N–H and O–H groups in total. The third kappa shape index (κ3) is 1.16. The Morgan fingerprint density at radius 1 is 0.550 bits per heavy atom. The third-order valence-electron chi connectivity index (χ3n) is 6.53. The van der Waals surface area contributed by atoms with Gasteiger partial charge in [-0.3, -0.25) is 8.37 Å². The fourth-order valence-corrected chi connectivity index (χ4v) is 8.06. The minimum Gasteiger partial charge on any atom is -0.266 e. The van der Waals surface area contributed by atoms with Gasteiger partial charge in [-0.2, -0.15) is 16.8 Å². The van der Waals surface area contributed by atoms with Gasteiger partial charge in [-0.25, -0.2) is 0 Å². The van der Waals surface area contributed by atoms with E-state index >= 15 is 0 Å². The molecule has 0 heterocycles. The van der Waals surface area contributed by atoms with Gasteiger partial charge in [0, 0.05) is 0 Å². The van der Waals surface area contributed by atoms with Crippen LogP contribution in [0, 0.1) is 47.3 Å². The van der Waals surface area contributed by atoms with Crippen LogP contribution in [0.3, 0.4) is 0 Å². The van der Waals surface area contributed by atoms with E-state index in [1.165, 1.54) is 0 Å². The molecule has 112 valence electrons. The van der Waals surface area contributed by atoms with E-state index in [1.54, 1.807) is 0 Å². The zero-order valence-corrected chi connectivity index (χ0v) is 12.7. The molecule has 0 radical (unpaired) electrons. The average molecular weight is 320 g/mol. The molecule has 0 unspecified atom stereocenters. The van der Waals surface area contributed by atoms with Gasteiger partial charge in [0.25, 0.3) is 20.2 Å². The van der Waals surface area contributed by atoms with Gasteiger partial charge in [-0.1, -0.05) is 0 Å². The normalized spacial score (nSPS) is 60.7. The first-order chi connectivity index (χ1) is 9.19. The summed E-state index contributed by atoms with van der Waals surface area (Å²) >= 11 is 0. The molecule has 0 amide bonds. The topological polar surface area (TPSA) is 86.7 Å². The van der Waals surface area contributed by atoms with Crippen LogP contribution in [0.15, 0.2) is 0 Å². The van der Waals surface area contributed by atoms with Crippen molar-refractivity contribution < 1.29 is 25.2 Å². The Morgan fingerprint density at radius 3 is 1.10 bits per heavy atom. The Bertz CT molecular complexity index is 650. The van der Waals surface area contributed by atoms with Gasteiger partial charge in [-0.05, 0) is 47.3 Å². The van der Waals surface area contributed by atoms with E-state index < -0.39 is 20.2 Å². The molecule has 0 aliphatic heterocycles. The maximum atomic E-state index is 11.4. The van der Waals surface area contributed by atoms with Crippen molar-refractivity contribution in [2.45, 2.75) is 12.2 Å². The van der Waals surface area contributed by atoms with Gasteiger partial charge in [0.1, 0.15) is 0 Å². The first kappa shape index (κ1) is 12.4. The SMILES string of the molecule is CS(=O)(=O)O[C@@H]1[C@H]2[C@H]3[C@H](OS(C)(=O)=O)[C@@H]4[C@@H]2[C@@H]2[C@@H]1[C@@H]3[C@H]42. The van der Waals surface area contributed by atoms with Crippen LogP contribution < -0.4 is 0 Å². The first-order valence-electron chi connectivity index (χ1n) is 6.95. The highest BCUT2D eigenvalue weighted by Gasteiger charge is 2.90. The first-order valence-corrected chi connectivity index (χ1v) is 10.6. The molecule has 6 aliphatic rings. The van der Waals surface area contributed by atoms with Crippen LogP contribution in [0.25, 0.3) is 0 Å². The van der Waals surface area contributed by atoms with E-state index in [1.807, 2.05) is 0 Å². The van der Waals surface area contributed by atoms with Gasteiger partial charge in [0.2, 0.25) is 0 Å². The maximum Gasteiger partial charge on any atom is 0.264 e. The highest BCUT2D eigenvalue weighted by molar-refractivity contribution is 7.86. The summed E-state index contributed by atoms with van der Waals surface area (Å²) in [6, 6.07) is 0. The van der Waals surface area contributed by atoms with Crippen molar-refractivity contribution in [1.82, 2.24) is 0 Å². The van der Waals surface area contributed by atoms with Crippen molar-refractivity contribution in [3.05, 3.63) is 0 Å². The summed E-state index contributed by atoms with van der Waals surface area (Å²) < 4.78 is 56.4. The fraction of sp³-hybridized carbons (Fsp3) is 1.00. The summed E-state index contributed by atoms with van der Waals surface area (Å²) in [5.41, 5.74) is 0. The Morgan fingerprint density at radius 2 is 0.800 bits per heavy atom. The van der Waals surface area contributed by atoms with Gasteiger partial charge >= 0.3 is 0 Å². The quantitative estimate of drug-likeness (QED) is 0.660. The van der Waals surface area contributed by atoms with Crippen LogP contribution in [-0.4, -0.2) is 41.6 Å². The monoisotopic (exact) mass is 320 g/mol. The van der Waals surface area contributed by atoms with Crippen molar-refractivity contribution in [3.63, 3.8) is 0 Å². The molecular formula is C12H16O6S2. The number of rotatable bonds is 4. The third-order valence-corrected chi connectivity index (χ3v) is 7.68. The molecular weight excluding hydrogens is 304 g/mol. The zero-order chi connectivity index (χ0) is 14.2. The van der Waals surface area contributed by atoms with E-state index in [0.29, 0.717) is 35.5 Å². The van der Waals surface area contributed by atoms with E-state index in [4.69, 9.17) is 8.37 Å². The summed E-state index contributed by atoms with van der Waals surface area (Å²) in [4.78, 5) is 0. The Kier molecular flexibility index (Phi) is 1.93. The van der Waals surface area contributed by atoms with Crippen LogP contribution in [-0.2, 0) is 28.6 Å². The second-order valence-electron chi connectivity index (χ2n) is 7.15. The molecule has 6 rings (SSSR count). The molecule has 0 spiro atoms. The number of hydrogen-bond donors (Lipinski definition) is 0. The fourth-order valence-electron chi connectivity index (χ4n) is 6.74.